The van der Waals surface area contributed by atoms with Crippen LogP contribution in [0.4, 0.5) is 8.78 Å². The van der Waals surface area contributed by atoms with Crippen LogP contribution in [0.2, 0.25) is 0 Å². The molecule has 2 rings (SSSR count). The van der Waals surface area contributed by atoms with Crippen LogP contribution in [0, 0.1) is 17.6 Å². The Bertz CT molecular complexity index is 408. The van der Waals surface area contributed by atoms with Crippen LogP contribution in [-0.2, 0) is 0 Å². The largest absolute Gasteiger partial charge is 0.396 e. The van der Waals surface area contributed by atoms with Gasteiger partial charge in [-0.15, -0.1) is 0 Å². The van der Waals surface area contributed by atoms with Crippen molar-refractivity contribution in [1.29, 1.82) is 0 Å². The molecule has 1 aliphatic rings. The molecule has 19 heavy (non-hydrogen) atoms. The summed E-state index contributed by atoms with van der Waals surface area (Å²) in [6.45, 7) is 0.210. The third-order valence-corrected chi connectivity index (χ3v) is 3.89. The standard InChI is InChI=1S/C14H20F2N2O/c15-10-4-2-5-11(16)14(10)13(7-17)18-12-6-1-3-9(12)8-19/h2,4-5,9,12-13,18-19H,1,3,6-8,17H2. The molecule has 0 heterocycles. The van der Waals surface area contributed by atoms with Crippen LogP contribution < -0.4 is 11.1 Å². The van der Waals surface area contributed by atoms with Gasteiger partial charge in [0.1, 0.15) is 11.6 Å². The number of nitrogens with two attached hydrogens (primary N) is 1. The van der Waals surface area contributed by atoms with Crippen molar-refractivity contribution in [2.24, 2.45) is 11.7 Å². The van der Waals surface area contributed by atoms with Crippen molar-refractivity contribution >= 4 is 0 Å². The Kier molecular flexibility index (Phi) is 4.85. The van der Waals surface area contributed by atoms with Crippen molar-refractivity contribution in [2.75, 3.05) is 13.2 Å². The molecule has 0 spiro atoms. The molecule has 0 radical (unpaired) electrons. The zero-order valence-corrected chi connectivity index (χ0v) is 10.8. The SMILES string of the molecule is NCC(NC1CCCC1CO)c1c(F)cccc1F. The van der Waals surface area contributed by atoms with Gasteiger partial charge in [0.15, 0.2) is 0 Å². The second-order valence-electron chi connectivity index (χ2n) is 5.07. The summed E-state index contributed by atoms with van der Waals surface area (Å²) in [5.74, 6) is -1.02. The van der Waals surface area contributed by atoms with Gasteiger partial charge in [-0.05, 0) is 30.9 Å². The number of halogens is 2. The second-order valence-corrected chi connectivity index (χ2v) is 5.07. The Labute approximate surface area is 111 Å². The lowest BCUT2D eigenvalue weighted by Crippen LogP contribution is -2.40. The number of hydrogen-bond acceptors (Lipinski definition) is 3. The van der Waals surface area contributed by atoms with Gasteiger partial charge in [-0.25, -0.2) is 8.78 Å². The molecule has 0 bridgehead atoms. The molecule has 3 atom stereocenters. The number of nitrogens with one attached hydrogen (secondary N) is 1. The predicted octanol–water partition coefficient (Wildman–Crippen LogP) is 1.72. The monoisotopic (exact) mass is 270 g/mol. The van der Waals surface area contributed by atoms with Gasteiger partial charge in [0, 0.05) is 24.8 Å². The van der Waals surface area contributed by atoms with Gasteiger partial charge in [-0.3, -0.25) is 0 Å². The van der Waals surface area contributed by atoms with Crippen molar-refractivity contribution in [2.45, 2.75) is 31.3 Å². The van der Waals surface area contributed by atoms with E-state index in [1.54, 1.807) is 0 Å². The van der Waals surface area contributed by atoms with Gasteiger partial charge in [-0.2, -0.15) is 0 Å². The molecule has 106 valence electrons. The van der Waals surface area contributed by atoms with Crippen LogP contribution in [0.25, 0.3) is 0 Å². The fourth-order valence-corrected chi connectivity index (χ4v) is 2.85. The van der Waals surface area contributed by atoms with Gasteiger partial charge in [-0.1, -0.05) is 12.5 Å². The average molecular weight is 270 g/mol. The Morgan fingerprint density at radius 1 is 1.32 bits per heavy atom. The minimum atomic E-state index is -0.582. The summed E-state index contributed by atoms with van der Waals surface area (Å²) in [5.41, 5.74) is 5.64. The van der Waals surface area contributed by atoms with Crippen molar-refractivity contribution in [3.8, 4) is 0 Å². The quantitative estimate of drug-likeness (QED) is 0.763. The molecule has 1 aromatic carbocycles. The minimum Gasteiger partial charge on any atom is -0.396 e. The van der Waals surface area contributed by atoms with Crippen molar-refractivity contribution < 1.29 is 13.9 Å². The van der Waals surface area contributed by atoms with E-state index in [0.29, 0.717) is 0 Å². The highest BCUT2D eigenvalue weighted by Crippen LogP contribution is 2.28. The zero-order valence-electron chi connectivity index (χ0n) is 10.8. The minimum absolute atomic E-state index is 0.00594. The highest BCUT2D eigenvalue weighted by atomic mass is 19.1. The molecule has 0 aromatic heterocycles. The maximum Gasteiger partial charge on any atom is 0.130 e. The molecular formula is C14H20F2N2O. The molecule has 1 saturated carbocycles. The third-order valence-electron chi connectivity index (χ3n) is 3.89. The fourth-order valence-electron chi connectivity index (χ4n) is 2.85. The third kappa shape index (κ3) is 3.11. The molecule has 0 amide bonds. The normalized spacial score (nSPS) is 24.6. The highest BCUT2D eigenvalue weighted by molar-refractivity contribution is 5.24. The van der Waals surface area contributed by atoms with E-state index in [1.807, 2.05) is 0 Å². The molecule has 0 saturated heterocycles. The molecule has 0 aliphatic heterocycles. The van der Waals surface area contributed by atoms with Crippen molar-refractivity contribution in [3.63, 3.8) is 0 Å². The van der Waals surface area contributed by atoms with Crippen LogP contribution in [0.3, 0.4) is 0 Å². The summed E-state index contributed by atoms with van der Waals surface area (Å²) in [5, 5.41) is 12.5. The van der Waals surface area contributed by atoms with Crippen LogP contribution in [-0.4, -0.2) is 24.3 Å². The zero-order chi connectivity index (χ0) is 13.8. The molecule has 5 heteroatoms. The van der Waals surface area contributed by atoms with E-state index in [-0.39, 0.29) is 30.7 Å². The summed E-state index contributed by atoms with van der Waals surface area (Å²) in [6.07, 6.45) is 2.85. The van der Waals surface area contributed by atoms with Crippen molar-refractivity contribution in [1.82, 2.24) is 5.32 Å². The van der Waals surface area contributed by atoms with Gasteiger partial charge in [0.25, 0.3) is 0 Å². The first-order chi connectivity index (χ1) is 9.17. The topological polar surface area (TPSA) is 58.3 Å². The number of benzene rings is 1. The van der Waals surface area contributed by atoms with E-state index in [1.165, 1.54) is 18.2 Å². The Hall–Kier alpha value is -1.04. The Balaban J connectivity index is 2.16. The van der Waals surface area contributed by atoms with Crippen LogP contribution in [0.15, 0.2) is 18.2 Å². The summed E-state index contributed by atoms with van der Waals surface area (Å²) in [4.78, 5) is 0. The van der Waals surface area contributed by atoms with Crippen LogP contribution in [0.1, 0.15) is 30.9 Å². The summed E-state index contributed by atoms with van der Waals surface area (Å²) < 4.78 is 27.5. The maximum atomic E-state index is 13.8. The lowest BCUT2D eigenvalue weighted by Gasteiger charge is -2.26. The Morgan fingerprint density at radius 3 is 2.58 bits per heavy atom. The van der Waals surface area contributed by atoms with Gasteiger partial charge < -0.3 is 16.2 Å². The second kappa shape index (κ2) is 6.41. The molecule has 1 aromatic rings. The van der Waals surface area contributed by atoms with E-state index in [9.17, 15) is 13.9 Å². The molecular weight excluding hydrogens is 250 g/mol. The van der Waals surface area contributed by atoms with Gasteiger partial charge in [0.05, 0.1) is 6.04 Å². The first-order valence-electron chi connectivity index (χ1n) is 6.68. The lowest BCUT2D eigenvalue weighted by molar-refractivity contribution is 0.199. The van der Waals surface area contributed by atoms with Crippen LogP contribution >= 0.6 is 0 Å². The van der Waals surface area contributed by atoms with E-state index in [0.717, 1.165) is 19.3 Å². The summed E-state index contributed by atoms with van der Waals surface area (Å²) in [7, 11) is 0. The number of aliphatic hydroxyl groups is 1. The summed E-state index contributed by atoms with van der Waals surface area (Å²) >= 11 is 0. The number of rotatable bonds is 5. The van der Waals surface area contributed by atoms with Crippen LogP contribution in [0.5, 0.6) is 0 Å². The number of aliphatic hydroxyl groups excluding tert-OH is 1. The number of hydrogen-bond donors (Lipinski definition) is 3. The molecule has 1 aliphatic carbocycles. The maximum absolute atomic E-state index is 13.8. The molecule has 3 nitrogen and oxygen atoms in total. The average Bonchev–Trinajstić information content (AvgIpc) is 2.84. The highest BCUT2D eigenvalue weighted by Gasteiger charge is 2.30. The summed E-state index contributed by atoms with van der Waals surface area (Å²) in [6, 6.07) is 3.33. The fraction of sp³-hybridized carbons (Fsp3) is 0.571. The Morgan fingerprint density at radius 2 is 2.00 bits per heavy atom. The lowest BCUT2D eigenvalue weighted by atomic mass is 10.00. The van der Waals surface area contributed by atoms with E-state index in [2.05, 4.69) is 5.32 Å². The predicted molar refractivity (Wildman–Crippen MR) is 69.5 cm³/mol. The van der Waals surface area contributed by atoms with Crippen molar-refractivity contribution in [3.05, 3.63) is 35.4 Å². The van der Waals surface area contributed by atoms with Gasteiger partial charge >= 0.3 is 0 Å². The first-order valence-corrected chi connectivity index (χ1v) is 6.68. The molecule has 4 N–H and O–H groups in total. The molecule has 3 unspecified atom stereocenters. The molecule has 1 fully saturated rings. The van der Waals surface area contributed by atoms with E-state index < -0.39 is 17.7 Å². The van der Waals surface area contributed by atoms with Gasteiger partial charge in [0.2, 0.25) is 0 Å². The van der Waals surface area contributed by atoms with E-state index in [4.69, 9.17) is 5.73 Å². The smallest absolute Gasteiger partial charge is 0.130 e. The first kappa shape index (κ1) is 14.4. The van der Waals surface area contributed by atoms with E-state index >= 15 is 0 Å².